The normalized spacial score (nSPS) is 12.4. The van der Waals surface area contributed by atoms with Crippen molar-refractivity contribution in [1.29, 1.82) is 0 Å². The highest BCUT2D eigenvalue weighted by Crippen LogP contribution is 2.28. The van der Waals surface area contributed by atoms with Crippen molar-refractivity contribution in [3.63, 3.8) is 0 Å². The van der Waals surface area contributed by atoms with Crippen LogP contribution in [-0.4, -0.2) is 10.1 Å². The first kappa shape index (κ1) is 13.8. The average molecular weight is 347 g/mol. The molecule has 0 bridgehead atoms. The molecule has 0 amide bonds. The Morgan fingerprint density at radius 3 is 2.67 bits per heavy atom. The van der Waals surface area contributed by atoms with E-state index in [4.69, 9.17) is 23.2 Å². The molecule has 0 saturated carbocycles. The van der Waals surface area contributed by atoms with Gasteiger partial charge in [-0.1, -0.05) is 35.3 Å². The van der Waals surface area contributed by atoms with Crippen molar-refractivity contribution in [2.45, 2.75) is 12.5 Å². The van der Waals surface area contributed by atoms with Gasteiger partial charge in [0, 0.05) is 17.1 Å². The molecule has 18 heavy (non-hydrogen) atoms. The highest BCUT2D eigenvalue weighted by molar-refractivity contribution is 9.10. The molecule has 2 rings (SSSR count). The number of pyridine rings is 1. The summed E-state index contributed by atoms with van der Waals surface area (Å²) in [6, 6.07) is 8.98. The SMILES string of the molecule is OC(Cc1cccc(Cl)c1Cl)c1ccc(Br)cn1. The fourth-order valence-electron chi connectivity index (χ4n) is 1.60. The van der Waals surface area contributed by atoms with Crippen LogP contribution in [0.4, 0.5) is 0 Å². The predicted octanol–water partition coefficient (Wildman–Crippen LogP) is 4.43. The smallest absolute Gasteiger partial charge is 0.1000 e. The van der Waals surface area contributed by atoms with E-state index in [2.05, 4.69) is 20.9 Å². The molecular weight excluding hydrogens is 337 g/mol. The number of aliphatic hydroxyl groups excluding tert-OH is 1. The second-order valence-electron chi connectivity index (χ2n) is 3.83. The zero-order chi connectivity index (χ0) is 13.1. The lowest BCUT2D eigenvalue weighted by Gasteiger charge is -2.12. The molecule has 1 heterocycles. The monoisotopic (exact) mass is 345 g/mol. The summed E-state index contributed by atoms with van der Waals surface area (Å²) in [5.74, 6) is 0. The van der Waals surface area contributed by atoms with Crippen LogP contribution >= 0.6 is 39.1 Å². The molecule has 0 aliphatic heterocycles. The first-order valence-electron chi connectivity index (χ1n) is 5.30. The molecule has 0 aliphatic rings. The minimum Gasteiger partial charge on any atom is -0.386 e. The van der Waals surface area contributed by atoms with E-state index in [0.717, 1.165) is 10.0 Å². The molecule has 0 aliphatic carbocycles. The number of nitrogens with zero attached hydrogens (tertiary/aromatic N) is 1. The summed E-state index contributed by atoms with van der Waals surface area (Å²) in [6.45, 7) is 0. The van der Waals surface area contributed by atoms with Gasteiger partial charge in [0.2, 0.25) is 0 Å². The lowest BCUT2D eigenvalue weighted by Crippen LogP contribution is -2.04. The third kappa shape index (κ3) is 3.23. The average Bonchev–Trinajstić information content (AvgIpc) is 2.36. The highest BCUT2D eigenvalue weighted by atomic mass is 79.9. The van der Waals surface area contributed by atoms with Crippen molar-refractivity contribution >= 4 is 39.1 Å². The molecule has 2 nitrogen and oxygen atoms in total. The Labute approximate surface area is 124 Å². The Morgan fingerprint density at radius 2 is 2.00 bits per heavy atom. The Kier molecular flexibility index (Phi) is 4.62. The Morgan fingerprint density at radius 1 is 1.22 bits per heavy atom. The number of rotatable bonds is 3. The van der Waals surface area contributed by atoms with Crippen LogP contribution in [0.15, 0.2) is 41.0 Å². The number of benzene rings is 1. The van der Waals surface area contributed by atoms with Crippen LogP contribution in [0.5, 0.6) is 0 Å². The van der Waals surface area contributed by atoms with E-state index in [0.29, 0.717) is 22.2 Å². The van der Waals surface area contributed by atoms with Gasteiger partial charge in [0.1, 0.15) is 0 Å². The van der Waals surface area contributed by atoms with Crippen molar-refractivity contribution in [1.82, 2.24) is 4.98 Å². The molecule has 2 aromatic rings. The second kappa shape index (κ2) is 6.02. The van der Waals surface area contributed by atoms with Gasteiger partial charge < -0.3 is 5.11 Å². The maximum atomic E-state index is 10.1. The summed E-state index contributed by atoms with van der Waals surface area (Å²) in [5, 5.41) is 11.1. The third-order valence-corrected chi connectivity index (χ3v) is 3.86. The molecule has 1 unspecified atom stereocenters. The van der Waals surface area contributed by atoms with Crippen LogP contribution in [0.1, 0.15) is 17.4 Å². The summed E-state index contributed by atoms with van der Waals surface area (Å²) in [6.07, 6.45) is 1.33. The number of aliphatic hydroxyl groups is 1. The topological polar surface area (TPSA) is 33.1 Å². The number of hydrogen-bond acceptors (Lipinski definition) is 2. The number of halogens is 3. The maximum absolute atomic E-state index is 10.1. The lowest BCUT2D eigenvalue weighted by atomic mass is 10.1. The van der Waals surface area contributed by atoms with E-state index < -0.39 is 6.10 Å². The molecule has 1 aromatic heterocycles. The fraction of sp³-hybridized carbons (Fsp3) is 0.154. The van der Waals surface area contributed by atoms with Crippen LogP contribution in [0, 0.1) is 0 Å². The van der Waals surface area contributed by atoms with Gasteiger partial charge in [0.15, 0.2) is 0 Å². The Bertz CT molecular complexity index is 545. The van der Waals surface area contributed by atoms with Crippen molar-refractivity contribution in [2.75, 3.05) is 0 Å². The fourth-order valence-corrected chi connectivity index (χ4v) is 2.24. The first-order valence-corrected chi connectivity index (χ1v) is 6.85. The molecule has 1 atom stereocenters. The van der Waals surface area contributed by atoms with E-state index in [1.165, 1.54) is 0 Å². The van der Waals surface area contributed by atoms with Crippen LogP contribution in [-0.2, 0) is 6.42 Å². The van der Waals surface area contributed by atoms with Gasteiger partial charge in [-0.3, -0.25) is 4.98 Å². The largest absolute Gasteiger partial charge is 0.386 e. The minimum absolute atomic E-state index is 0.383. The molecule has 5 heteroatoms. The van der Waals surface area contributed by atoms with Gasteiger partial charge in [-0.2, -0.15) is 0 Å². The summed E-state index contributed by atoms with van der Waals surface area (Å²) in [7, 11) is 0. The van der Waals surface area contributed by atoms with Crippen molar-refractivity contribution in [3.8, 4) is 0 Å². The summed E-state index contributed by atoms with van der Waals surface area (Å²) >= 11 is 15.3. The molecule has 94 valence electrons. The Balaban J connectivity index is 2.18. The highest BCUT2D eigenvalue weighted by Gasteiger charge is 2.13. The first-order chi connectivity index (χ1) is 8.58. The van der Waals surface area contributed by atoms with Crippen molar-refractivity contribution < 1.29 is 5.11 Å². The molecule has 0 fully saturated rings. The molecule has 0 radical (unpaired) electrons. The van der Waals surface area contributed by atoms with E-state index in [9.17, 15) is 5.11 Å². The van der Waals surface area contributed by atoms with Crippen molar-refractivity contribution in [2.24, 2.45) is 0 Å². The number of hydrogen-bond donors (Lipinski definition) is 1. The summed E-state index contributed by atoms with van der Waals surface area (Å²) < 4.78 is 0.874. The molecule has 1 aromatic carbocycles. The van der Waals surface area contributed by atoms with Gasteiger partial charge in [0.25, 0.3) is 0 Å². The molecule has 0 spiro atoms. The van der Waals surface area contributed by atoms with Crippen LogP contribution < -0.4 is 0 Å². The van der Waals surface area contributed by atoms with Crippen molar-refractivity contribution in [3.05, 3.63) is 62.3 Å². The standard InChI is InChI=1S/C13H10BrCl2NO/c14-9-4-5-11(17-7-9)12(18)6-8-2-1-3-10(15)13(8)16/h1-5,7,12,18H,6H2. The van der Waals surface area contributed by atoms with Gasteiger partial charge in [-0.05, 0) is 39.7 Å². The second-order valence-corrected chi connectivity index (χ2v) is 5.53. The molecule has 1 N–H and O–H groups in total. The predicted molar refractivity (Wildman–Crippen MR) is 77.1 cm³/mol. The zero-order valence-electron chi connectivity index (χ0n) is 9.28. The van der Waals surface area contributed by atoms with E-state index in [1.54, 1.807) is 18.3 Å². The molecule has 0 saturated heterocycles. The van der Waals surface area contributed by atoms with E-state index in [-0.39, 0.29) is 0 Å². The Hall–Kier alpha value is -0.610. The van der Waals surface area contributed by atoms with E-state index in [1.807, 2.05) is 18.2 Å². The minimum atomic E-state index is -0.700. The van der Waals surface area contributed by atoms with Gasteiger partial charge in [0.05, 0.1) is 21.8 Å². The van der Waals surface area contributed by atoms with Gasteiger partial charge in [-0.15, -0.1) is 0 Å². The molecular formula is C13H10BrCl2NO. The summed E-state index contributed by atoms with van der Waals surface area (Å²) in [5.41, 5.74) is 1.41. The zero-order valence-corrected chi connectivity index (χ0v) is 12.4. The van der Waals surface area contributed by atoms with Crippen LogP contribution in [0.25, 0.3) is 0 Å². The third-order valence-electron chi connectivity index (χ3n) is 2.54. The quantitative estimate of drug-likeness (QED) is 0.891. The van der Waals surface area contributed by atoms with Crippen LogP contribution in [0.2, 0.25) is 10.0 Å². The lowest BCUT2D eigenvalue weighted by molar-refractivity contribution is 0.173. The van der Waals surface area contributed by atoms with E-state index >= 15 is 0 Å². The number of aromatic nitrogens is 1. The van der Waals surface area contributed by atoms with Gasteiger partial charge >= 0.3 is 0 Å². The maximum Gasteiger partial charge on any atom is 0.1000 e. The van der Waals surface area contributed by atoms with Gasteiger partial charge in [-0.25, -0.2) is 0 Å². The van der Waals surface area contributed by atoms with Crippen LogP contribution in [0.3, 0.4) is 0 Å². The summed E-state index contributed by atoms with van der Waals surface area (Å²) in [4.78, 5) is 4.15.